The predicted octanol–water partition coefficient (Wildman–Crippen LogP) is 4.27. The van der Waals surface area contributed by atoms with Gasteiger partial charge < -0.3 is 5.32 Å². The van der Waals surface area contributed by atoms with E-state index in [4.69, 9.17) is 23.2 Å². The van der Waals surface area contributed by atoms with E-state index < -0.39 is 0 Å². The quantitative estimate of drug-likeness (QED) is 0.851. The van der Waals surface area contributed by atoms with Crippen LogP contribution >= 0.6 is 23.2 Å². The minimum atomic E-state index is -0.146. The highest BCUT2D eigenvalue weighted by molar-refractivity contribution is 6.35. The summed E-state index contributed by atoms with van der Waals surface area (Å²) in [6, 6.07) is 12.1. The number of anilines is 1. The monoisotopic (exact) mass is 279 g/mol. The van der Waals surface area contributed by atoms with Crippen molar-refractivity contribution in [3.05, 3.63) is 63.6 Å². The molecule has 0 heterocycles. The first-order valence-electron chi connectivity index (χ1n) is 5.40. The number of carbonyl (C=O) groups is 1. The number of rotatable bonds is 3. The molecule has 2 aromatic rings. The van der Waals surface area contributed by atoms with Crippen LogP contribution in [0.2, 0.25) is 10.0 Å². The molecule has 0 aliphatic heterocycles. The zero-order chi connectivity index (χ0) is 13.1. The molecule has 0 amide bonds. The van der Waals surface area contributed by atoms with Gasteiger partial charge in [0, 0.05) is 28.9 Å². The van der Waals surface area contributed by atoms with Gasteiger partial charge in [-0.1, -0.05) is 35.3 Å². The summed E-state index contributed by atoms with van der Waals surface area (Å²) in [4.78, 5) is 12.4. The van der Waals surface area contributed by atoms with Crippen LogP contribution in [-0.4, -0.2) is 12.8 Å². The standard InChI is InChI=1S/C14H11Cl2NO/c1-17-13-7-6-9(15)8-11(13)14(18)10-4-2-3-5-12(10)16/h2-8,17H,1H3. The molecular formula is C14H11Cl2NO. The van der Waals surface area contributed by atoms with Crippen molar-refractivity contribution in [1.29, 1.82) is 0 Å². The summed E-state index contributed by atoms with van der Waals surface area (Å²) >= 11 is 12.0. The number of hydrogen-bond donors (Lipinski definition) is 1. The maximum absolute atomic E-state index is 12.4. The molecule has 0 saturated carbocycles. The van der Waals surface area contributed by atoms with Crippen molar-refractivity contribution in [1.82, 2.24) is 0 Å². The number of halogens is 2. The highest BCUT2D eigenvalue weighted by Gasteiger charge is 2.16. The van der Waals surface area contributed by atoms with Gasteiger partial charge >= 0.3 is 0 Å². The van der Waals surface area contributed by atoms with Crippen molar-refractivity contribution < 1.29 is 4.79 Å². The maximum atomic E-state index is 12.4. The summed E-state index contributed by atoms with van der Waals surface area (Å²) in [6.45, 7) is 0. The summed E-state index contributed by atoms with van der Waals surface area (Å²) in [5, 5.41) is 3.92. The number of benzene rings is 2. The third-order valence-electron chi connectivity index (χ3n) is 2.61. The van der Waals surface area contributed by atoms with Gasteiger partial charge in [-0.25, -0.2) is 0 Å². The van der Waals surface area contributed by atoms with Crippen molar-refractivity contribution in [3.63, 3.8) is 0 Å². The summed E-state index contributed by atoms with van der Waals surface area (Å²) in [5.74, 6) is -0.146. The Morgan fingerprint density at radius 3 is 2.44 bits per heavy atom. The third-order valence-corrected chi connectivity index (χ3v) is 3.18. The van der Waals surface area contributed by atoms with Crippen LogP contribution in [0.1, 0.15) is 15.9 Å². The van der Waals surface area contributed by atoms with E-state index in [2.05, 4.69) is 5.32 Å². The molecule has 0 bridgehead atoms. The Balaban J connectivity index is 2.52. The van der Waals surface area contributed by atoms with Gasteiger partial charge in [0.2, 0.25) is 0 Å². The van der Waals surface area contributed by atoms with Crippen molar-refractivity contribution in [2.45, 2.75) is 0 Å². The van der Waals surface area contributed by atoms with E-state index in [0.717, 1.165) is 5.69 Å². The summed E-state index contributed by atoms with van der Waals surface area (Å²) in [7, 11) is 1.76. The predicted molar refractivity (Wildman–Crippen MR) is 75.9 cm³/mol. The number of hydrogen-bond acceptors (Lipinski definition) is 2. The highest BCUT2D eigenvalue weighted by Crippen LogP contribution is 2.26. The van der Waals surface area contributed by atoms with Crippen LogP contribution in [-0.2, 0) is 0 Å². The van der Waals surface area contributed by atoms with Gasteiger partial charge in [0.15, 0.2) is 5.78 Å². The first-order chi connectivity index (χ1) is 8.63. The van der Waals surface area contributed by atoms with Gasteiger partial charge in [0.25, 0.3) is 0 Å². The number of ketones is 1. The molecule has 1 N–H and O–H groups in total. The molecule has 0 aliphatic carbocycles. The van der Waals surface area contributed by atoms with Gasteiger partial charge in [-0.05, 0) is 30.3 Å². The van der Waals surface area contributed by atoms with Crippen LogP contribution in [0.3, 0.4) is 0 Å². The summed E-state index contributed by atoms with van der Waals surface area (Å²) in [6.07, 6.45) is 0. The third kappa shape index (κ3) is 2.50. The molecule has 0 aromatic heterocycles. The van der Waals surface area contributed by atoms with Crippen LogP contribution in [0.4, 0.5) is 5.69 Å². The molecule has 0 saturated heterocycles. The molecule has 2 aromatic carbocycles. The van der Waals surface area contributed by atoms with Crippen LogP contribution in [0.25, 0.3) is 0 Å². The fourth-order valence-corrected chi connectivity index (χ4v) is 2.11. The van der Waals surface area contributed by atoms with Gasteiger partial charge in [-0.2, -0.15) is 0 Å². The van der Waals surface area contributed by atoms with Gasteiger partial charge in [0.1, 0.15) is 0 Å². The molecule has 0 fully saturated rings. The fraction of sp³-hybridized carbons (Fsp3) is 0.0714. The molecule has 0 unspecified atom stereocenters. The molecule has 0 atom stereocenters. The Labute approximate surface area is 116 Å². The second-order valence-corrected chi connectivity index (χ2v) is 4.59. The van der Waals surface area contributed by atoms with E-state index in [1.807, 2.05) is 0 Å². The first-order valence-corrected chi connectivity index (χ1v) is 6.15. The van der Waals surface area contributed by atoms with Gasteiger partial charge in [-0.3, -0.25) is 4.79 Å². The van der Waals surface area contributed by atoms with Crippen LogP contribution in [0, 0.1) is 0 Å². The second-order valence-electron chi connectivity index (χ2n) is 3.75. The smallest absolute Gasteiger partial charge is 0.196 e. The van der Waals surface area contributed by atoms with Crippen molar-refractivity contribution >= 4 is 34.7 Å². The minimum Gasteiger partial charge on any atom is -0.388 e. The lowest BCUT2D eigenvalue weighted by Gasteiger charge is -2.09. The van der Waals surface area contributed by atoms with E-state index in [1.165, 1.54) is 0 Å². The molecule has 2 nitrogen and oxygen atoms in total. The number of carbonyl (C=O) groups excluding carboxylic acids is 1. The molecule has 2 rings (SSSR count). The van der Waals surface area contributed by atoms with Crippen LogP contribution in [0.5, 0.6) is 0 Å². The lowest BCUT2D eigenvalue weighted by atomic mass is 10.0. The molecule has 4 heteroatoms. The van der Waals surface area contributed by atoms with Crippen molar-refractivity contribution in [2.75, 3.05) is 12.4 Å². The van der Waals surface area contributed by atoms with Crippen molar-refractivity contribution in [2.24, 2.45) is 0 Å². The molecule has 0 aliphatic rings. The average molecular weight is 280 g/mol. The first kappa shape index (κ1) is 12.9. The molecule has 0 radical (unpaired) electrons. The SMILES string of the molecule is CNc1ccc(Cl)cc1C(=O)c1ccccc1Cl. The molecule has 18 heavy (non-hydrogen) atoms. The fourth-order valence-electron chi connectivity index (χ4n) is 1.71. The maximum Gasteiger partial charge on any atom is 0.196 e. The summed E-state index contributed by atoms with van der Waals surface area (Å²) in [5.41, 5.74) is 1.71. The average Bonchev–Trinajstić information content (AvgIpc) is 2.38. The van der Waals surface area contributed by atoms with Crippen molar-refractivity contribution in [3.8, 4) is 0 Å². The molecule has 0 spiro atoms. The zero-order valence-corrected chi connectivity index (χ0v) is 11.2. The Morgan fingerprint density at radius 1 is 1.06 bits per heavy atom. The highest BCUT2D eigenvalue weighted by atomic mass is 35.5. The Hall–Kier alpha value is -1.51. The Kier molecular flexibility index (Phi) is 3.90. The van der Waals surface area contributed by atoms with E-state index in [1.54, 1.807) is 49.5 Å². The molecule has 92 valence electrons. The molecular weight excluding hydrogens is 269 g/mol. The second kappa shape index (κ2) is 5.42. The topological polar surface area (TPSA) is 29.1 Å². The van der Waals surface area contributed by atoms with E-state index in [-0.39, 0.29) is 5.78 Å². The zero-order valence-electron chi connectivity index (χ0n) is 9.71. The van der Waals surface area contributed by atoms with Gasteiger partial charge in [0.05, 0.1) is 5.02 Å². The van der Waals surface area contributed by atoms with Crippen LogP contribution < -0.4 is 5.32 Å². The lowest BCUT2D eigenvalue weighted by Crippen LogP contribution is -2.06. The van der Waals surface area contributed by atoms with E-state index >= 15 is 0 Å². The number of nitrogens with one attached hydrogen (secondary N) is 1. The minimum absolute atomic E-state index is 0.146. The van der Waals surface area contributed by atoms with E-state index in [9.17, 15) is 4.79 Å². The summed E-state index contributed by atoms with van der Waals surface area (Å²) < 4.78 is 0. The largest absolute Gasteiger partial charge is 0.388 e. The van der Waals surface area contributed by atoms with Crippen LogP contribution in [0.15, 0.2) is 42.5 Å². The Morgan fingerprint density at radius 2 is 1.78 bits per heavy atom. The lowest BCUT2D eigenvalue weighted by molar-refractivity contribution is 0.103. The van der Waals surface area contributed by atoms with E-state index in [0.29, 0.717) is 21.2 Å². The Bertz CT molecular complexity index is 596. The van der Waals surface area contributed by atoms with Gasteiger partial charge in [-0.15, -0.1) is 0 Å². The normalized spacial score (nSPS) is 10.2.